The van der Waals surface area contributed by atoms with Crippen LogP contribution in [-0.4, -0.2) is 24.3 Å². The second-order valence-electron chi connectivity index (χ2n) is 9.40. The molecular formula is C32H29N3O5S2. The summed E-state index contributed by atoms with van der Waals surface area (Å²) in [7, 11) is 1.55. The summed E-state index contributed by atoms with van der Waals surface area (Å²) in [6.45, 7) is 4.24. The third-order valence-electron chi connectivity index (χ3n) is 6.71. The van der Waals surface area contributed by atoms with Crippen LogP contribution in [-0.2, 0) is 16.1 Å². The van der Waals surface area contributed by atoms with Gasteiger partial charge in [0, 0.05) is 10.4 Å². The molecule has 0 N–H and O–H groups in total. The molecule has 0 bridgehead atoms. The number of fused-ring (bicyclic) bond motifs is 1. The molecule has 10 heteroatoms. The monoisotopic (exact) mass is 599 g/mol. The second-order valence-corrected chi connectivity index (χ2v) is 11.4. The molecule has 0 spiro atoms. The normalized spacial score (nSPS) is 14.6. The highest BCUT2D eigenvalue weighted by Crippen LogP contribution is 2.35. The van der Waals surface area contributed by atoms with Gasteiger partial charge in [-0.15, -0.1) is 11.3 Å². The molecule has 0 aliphatic carbocycles. The quantitative estimate of drug-likeness (QED) is 0.235. The van der Waals surface area contributed by atoms with Gasteiger partial charge in [-0.25, -0.2) is 9.79 Å². The number of esters is 1. The summed E-state index contributed by atoms with van der Waals surface area (Å²) in [6, 6.07) is 18.1. The number of ether oxygens (including phenoxy) is 3. The summed E-state index contributed by atoms with van der Waals surface area (Å²) in [5, 5.41) is 11.3. The number of carbonyl (C=O) groups is 1. The summed E-state index contributed by atoms with van der Waals surface area (Å²) in [6.07, 6.45) is 3.18. The Hall–Kier alpha value is -4.46. The van der Waals surface area contributed by atoms with Crippen molar-refractivity contribution in [3.63, 3.8) is 0 Å². The molecule has 5 rings (SSSR count). The number of thiophene rings is 1. The Bertz CT molecular complexity index is 1860. The summed E-state index contributed by atoms with van der Waals surface area (Å²) < 4.78 is 19.1. The van der Waals surface area contributed by atoms with Gasteiger partial charge < -0.3 is 14.2 Å². The van der Waals surface area contributed by atoms with Crippen molar-refractivity contribution in [1.29, 1.82) is 5.26 Å². The van der Waals surface area contributed by atoms with Crippen molar-refractivity contribution in [3.8, 4) is 17.6 Å². The molecule has 4 aromatic rings. The molecule has 0 amide bonds. The fraction of sp³-hybridized carbons (Fsp3) is 0.250. The number of nitrogens with zero attached hydrogens (tertiary/aromatic N) is 3. The van der Waals surface area contributed by atoms with Crippen molar-refractivity contribution in [2.75, 3.05) is 13.7 Å². The van der Waals surface area contributed by atoms with E-state index >= 15 is 0 Å². The van der Waals surface area contributed by atoms with Crippen LogP contribution >= 0.6 is 22.7 Å². The highest BCUT2D eigenvalue weighted by molar-refractivity contribution is 7.10. The summed E-state index contributed by atoms with van der Waals surface area (Å²) in [5.41, 5.74) is 2.91. The predicted octanol–water partition coefficient (Wildman–Crippen LogP) is 5.10. The topological polar surface area (TPSA) is 103 Å². The number of carbonyl (C=O) groups excluding carboxylic acids is 1. The molecule has 2 aromatic heterocycles. The highest BCUT2D eigenvalue weighted by atomic mass is 32.1. The Morgan fingerprint density at radius 3 is 2.69 bits per heavy atom. The van der Waals surface area contributed by atoms with E-state index < -0.39 is 12.0 Å². The maximum atomic E-state index is 13.9. The van der Waals surface area contributed by atoms with Gasteiger partial charge in [0.15, 0.2) is 16.3 Å². The molecular weight excluding hydrogens is 571 g/mol. The van der Waals surface area contributed by atoms with E-state index in [1.54, 1.807) is 42.9 Å². The first kappa shape index (κ1) is 29.0. The first-order valence-corrected chi connectivity index (χ1v) is 15.2. The van der Waals surface area contributed by atoms with Gasteiger partial charge in [-0.05, 0) is 54.6 Å². The minimum atomic E-state index is -0.606. The molecule has 0 unspecified atom stereocenters. The van der Waals surface area contributed by atoms with E-state index in [4.69, 9.17) is 19.2 Å². The van der Waals surface area contributed by atoms with Crippen molar-refractivity contribution in [1.82, 2.24) is 4.57 Å². The Morgan fingerprint density at radius 2 is 1.98 bits per heavy atom. The molecule has 0 radical (unpaired) electrons. The van der Waals surface area contributed by atoms with Crippen molar-refractivity contribution in [2.24, 2.45) is 4.99 Å². The van der Waals surface area contributed by atoms with Crippen LogP contribution in [0.2, 0.25) is 0 Å². The third-order valence-corrected chi connectivity index (χ3v) is 8.62. The number of hydrogen-bond donors (Lipinski definition) is 0. The molecule has 8 nitrogen and oxygen atoms in total. The molecule has 2 aromatic carbocycles. The zero-order valence-electron chi connectivity index (χ0n) is 23.5. The van der Waals surface area contributed by atoms with E-state index in [1.165, 1.54) is 22.7 Å². The Labute approximate surface area is 251 Å². The average molecular weight is 600 g/mol. The molecule has 3 heterocycles. The Kier molecular flexibility index (Phi) is 9.00. The Balaban J connectivity index is 1.55. The van der Waals surface area contributed by atoms with Crippen LogP contribution in [0, 0.1) is 11.3 Å². The van der Waals surface area contributed by atoms with Crippen LogP contribution in [0.3, 0.4) is 0 Å². The van der Waals surface area contributed by atoms with Gasteiger partial charge in [0.2, 0.25) is 0 Å². The fourth-order valence-electron chi connectivity index (χ4n) is 4.79. The molecule has 0 saturated heterocycles. The SMILES string of the molecule is CCCC1=C(C(=O)OCC)[C@@H](c2cccs2)n2c(s/c(=C/c3ccc(OCc4ccccc4C#N)c(OC)c3)c2=O)=N1. The summed E-state index contributed by atoms with van der Waals surface area (Å²) in [4.78, 5) is 33.3. The van der Waals surface area contributed by atoms with E-state index in [0.717, 1.165) is 22.4 Å². The number of methoxy groups -OCH3 is 1. The van der Waals surface area contributed by atoms with E-state index in [-0.39, 0.29) is 18.8 Å². The van der Waals surface area contributed by atoms with E-state index in [1.807, 2.05) is 48.7 Å². The van der Waals surface area contributed by atoms with Gasteiger partial charge in [0.05, 0.1) is 41.2 Å². The molecule has 0 saturated carbocycles. The number of benzene rings is 2. The first-order valence-electron chi connectivity index (χ1n) is 13.5. The number of aromatic nitrogens is 1. The molecule has 0 fully saturated rings. The largest absolute Gasteiger partial charge is 0.493 e. The maximum Gasteiger partial charge on any atom is 0.338 e. The number of allylic oxidation sites excluding steroid dienone is 1. The predicted molar refractivity (Wildman–Crippen MR) is 162 cm³/mol. The standard InChI is InChI=1S/C32H29N3O5S2/c1-4-9-23-28(31(37)39-5-2)29(26-12-8-15-41-26)35-30(36)27(42-32(35)34-23)17-20-13-14-24(25(16-20)38-3)40-19-22-11-7-6-10-21(22)18-33/h6-8,10-17,29H,4-5,9,19H2,1-3H3/b27-17+/t29-/m1/s1. The van der Waals surface area contributed by atoms with Gasteiger partial charge >= 0.3 is 5.97 Å². The van der Waals surface area contributed by atoms with Gasteiger partial charge in [0.25, 0.3) is 5.56 Å². The van der Waals surface area contributed by atoms with Crippen molar-refractivity contribution >= 4 is 34.7 Å². The van der Waals surface area contributed by atoms with Crippen LogP contribution < -0.4 is 24.4 Å². The van der Waals surface area contributed by atoms with Crippen LogP contribution in [0.4, 0.5) is 0 Å². The van der Waals surface area contributed by atoms with Crippen molar-refractivity contribution in [2.45, 2.75) is 39.3 Å². The smallest absolute Gasteiger partial charge is 0.338 e. The molecule has 42 heavy (non-hydrogen) atoms. The van der Waals surface area contributed by atoms with Gasteiger partial charge in [0.1, 0.15) is 12.6 Å². The van der Waals surface area contributed by atoms with Crippen molar-refractivity contribution < 1.29 is 19.0 Å². The minimum Gasteiger partial charge on any atom is -0.493 e. The van der Waals surface area contributed by atoms with Crippen LogP contribution in [0.15, 0.2) is 81.0 Å². The first-order chi connectivity index (χ1) is 20.5. The molecule has 1 aliphatic heterocycles. The highest BCUT2D eigenvalue weighted by Gasteiger charge is 2.34. The molecule has 1 aliphatic rings. The van der Waals surface area contributed by atoms with Crippen molar-refractivity contribution in [3.05, 3.63) is 113 Å². The number of nitriles is 1. The third kappa shape index (κ3) is 5.79. The van der Waals surface area contributed by atoms with Crippen LogP contribution in [0.5, 0.6) is 11.5 Å². The zero-order chi connectivity index (χ0) is 29.6. The van der Waals surface area contributed by atoms with Gasteiger partial charge in [-0.3, -0.25) is 9.36 Å². The van der Waals surface area contributed by atoms with Gasteiger partial charge in [-0.2, -0.15) is 5.26 Å². The lowest BCUT2D eigenvalue weighted by atomic mass is 9.99. The number of hydrogen-bond acceptors (Lipinski definition) is 9. The number of thiazole rings is 1. The second kappa shape index (κ2) is 13.0. The van der Waals surface area contributed by atoms with E-state index in [9.17, 15) is 14.9 Å². The zero-order valence-corrected chi connectivity index (χ0v) is 25.1. The van der Waals surface area contributed by atoms with E-state index in [2.05, 4.69) is 6.07 Å². The van der Waals surface area contributed by atoms with Crippen LogP contribution in [0.25, 0.3) is 6.08 Å². The number of rotatable bonds is 10. The maximum absolute atomic E-state index is 13.9. The Morgan fingerprint density at radius 1 is 1.14 bits per heavy atom. The minimum absolute atomic E-state index is 0.212. The average Bonchev–Trinajstić information content (AvgIpc) is 3.64. The molecule has 1 atom stereocenters. The fourth-order valence-corrected chi connectivity index (χ4v) is 6.64. The lowest BCUT2D eigenvalue weighted by Crippen LogP contribution is -2.39. The lowest BCUT2D eigenvalue weighted by Gasteiger charge is -2.24. The molecule has 214 valence electrons. The summed E-state index contributed by atoms with van der Waals surface area (Å²) >= 11 is 2.78. The van der Waals surface area contributed by atoms with Gasteiger partial charge in [-0.1, -0.05) is 55.0 Å². The lowest BCUT2D eigenvalue weighted by molar-refractivity contribution is -0.139. The van der Waals surface area contributed by atoms with E-state index in [0.29, 0.717) is 44.1 Å². The summed E-state index contributed by atoms with van der Waals surface area (Å²) in [5.74, 6) is 0.567. The van der Waals surface area contributed by atoms with Crippen LogP contribution in [0.1, 0.15) is 54.3 Å².